The Balaban J connectivity index is 1.80. The van der Waals surface area contributed by atoms with E-state index in [1.807, 2.05) is 66.7 Å². The predicted molar refractivity (Wildman–Crippen MR) is 100 cm³/mol. The van der Waals surface area contributed by atoms with Crippen LogP contribution < -0.4 is 4.90 Å². The largest absolute Gasteiger partial charge is 0.378 e. The zero-order chi connectivity index (χ0) is 17.8. The van der Waals surface area contributed by atoms with Crippen molar-refractivity contribution in [3.63, 3.8) is 0 Å². The van der Waals surface area contributed by atoms with Gasteiger partial charge >= 0.3 is 0 Å². The lowest BCUT2D eigenvalue weighted by atomic mass is 10.0. The van der Waals surface area contributed by atoms with Crippen LogP contribution in [0.25, 0.3) is 11.3 Å². The van der Waals surface area contributed by atoms with E-state index < -0.39 is 0 Å². The second-order valence-electron chi connectivity index (χ2n) is 6.13. The molecule has 0 saturated carbocycles. The molecule has 4 rings (SSSR count). The van der Waals surface area contributed by atoms with Crippen LogP contribution in [0.5, 0.6) is 0 Å². The summed E-state index contributed by atoms with van der Waals surface area (Å²) >= 11 is 0. The lowest BCUT2D eigenvalue weighted by molar-refractivity contribution is 0.103. The van der Waals surface area contributed by atoms with Crippen molar-refractivity contribution in [3.8, 4) is 11.3 Å². The van der Waals surface area contributed by atoms with Gasteiger partial charge in [-0.15, -0.1) is 10.2 Å². The van der Waals surface area contributed by atoms with Crippen molar-refractivity contribution in [2.75, 3.05) is 31.2 Å². The summed E-state index contributed by atoms with van der Waals surface area (Å²) in [4.78, 5) is 15.2. The Morgan fingerprint density at radius 1 is 0.885 bits per heavy atom. The van der Waals surface area contributed by atoms with E-state index in [-0.39, 0.29) is 5.78 Å². The summed E-state index contributed by atoms with van der Waals surface area (Å²) in [7, 11) is 0. The molecule has 0 spiro atoms. The Morgan fingerprint density at radius 2 is 1.54 bits per heavy atom. The quantitative estimate of drug-likeness (QED) is 0.680. The zero-order valence-electron chi connectivity index (χ0n) is 14.3. The third-order valence-electron chi connectivity index (χ3n) is 4.44. The molecule has 0 bridgehead atoms. The van der Waals surface area contributed by atoms with E-state index in [1.165, 1.54) is 0 Å². The summed E-state index contributed by atoms with van der Waals surface area (Å²) in [5.41, 5.74) is 2.86. The number of hydrogen-bond acceptors (Lipinski definition) is 5. The number of hydrogen-bond donors (Lipinski definition) is 0. The fraction of sp³-hybridized carbons (Fsp3) is 0.190. The fourth-order valence-electron chi connectivity index (χ4n) is 3.06. The van der Waals surface area contributed by atoms with Crippen LogP contribution in [0.4, 0.5) is 5.82 Å². The van der Waals surface area contributed by atoms with Crippen LogP contribution in [-0.4, -0.2) is 42.3 Å². The molecule has 1 aliphatic rings. The van der Waals surface area contributed by atoms with Crippen molar-refractivity contribution in [2.24, 2.45) is 0 Å². The number of rotatable bonds is 4. The topological polar surface area (TPSA) is 55.3 Å². The average molecular weight is 345 g/mol. The molecule has 1 saturated heterocycles. The maximum absolute atomic E-state index is 13.2. The van der Waals surface area contributed by atoms with E-state index in [9.17, 15) is 4.79 Å². The van der Waals surface area contributed by atoms with Crippen molar-refractivity contribution >= 4 is 11.6 Å². The smallest absolute Gasteiger partial charge is 0.196 e. The highest BCUT2D eigenvalue weighted by Crippen LogP contribution is 2.26. The van der Waals surface area contributed by atoms with Crippen molar-refractivity contribution in [1.82, 2.24) is 10.2 Å². The Morgan fingerprint density at radius 3 is 2.23 bits per heavy atom. The minimum Gasteiger partial charge on any atom is -0.378 e. The second kappa shape index (κ2) is 7.45. The molecule has 1 aliphatic heterocycles. The standard InChI is InChI=1S/C21H19N3O2/c25-20(17-9-5-2-6-10-17)18-15-19(16-7-3-1-4-8-16)22-23-21(18)24-11-13-26-14-12-24/h1-10,15H,11-14H2. The summed E-state index contributed by atoms with van der Waals surface area (Å²) in [6.07, 6.45) is 0. The fourth-order valence-corrected chi connectivity index (χ4v) is 3.06. The second-order valence-corrected chi connectivity index (χ2v) is 6.13. The summed E-state index contributed by atoms with van der Waals surface area (Å²) in [5, 5.41) is 8.80. The normalized spacial score (nSPS) is 14.2. The molecule has 5 nitrogen and oxygen atoms in total. The number of carbonyl (C=O) groups excluding carboxylic acids is 1. The molecule has 5 heteroatoms. The lowest BCUT2D eigenvalue weighted by Gasteiger charge is -2.28. The van der Waals surface area contributed by atoms with Crippen LogP contribution in [0.2, 0.25) is 0 Å². The first-order valence-electron chi connectivity index (χ1n) is 8.68. The molecule has 2 aromatic carbocycles. The Labute approximate surface area is 152 Å². The van der Waals surface area contributed by atoms with Gasteiger partial charge in [-0.3, -0.25) is 4.79 Å². The predicted octanol–water partition coefficient (Wildman–Crippen LogP) is 3.21. The van der Waals surface area contributed by atoms with Crippen LogP contribution >= 0.6 is 0 Å². The van der Waals surface area contributed by atoms with E-state index >= 15 is 0 Å². The minimum absolute atomic E-state index is 0.0424. The van der Waals surface area contributed by atoms with E-state index in [0.29, 0.717) is 48.9 Å². The average Bonchev–Trinajstić information content (AvgIpc) is 2.75. The molecule has 26 heavy (non-hydrogen) atoms. The van der Waals surface area contributed by atoms with Crippen LogP contribution in [-0.2, 0) is 4.74 Å². The van der Waals surface area contributed by atoms with Gasteiger partial charge in [0.2, 0.25) is 0 Å². The van der Waals surface area contributed by atoms with Gasteiger partial charge in [-0.05, 0) is 6.07 Å². The van der Waals surface area contributed by atoms with Crippen LogP contribution in [0, 0.1) is 0 Å². The number of nitrogens with zero attached hydrogens (tertiary/aromatic N) is 3. The molecule has 0 atom stereocenters. The Bertz CT molecular complexity index is 892. The number of ketones is 1. The number of ether oxygens (including phenoxy) is 1. The summed E-state index contributed by atoms with van der Waals surface area (Å²) < 4.78 is 5.42. The monoisotopic (exact) mass is 345 g/mol. The molecule has 130 valence electrons. The Kier molecular flexibility index (Phi) is 4.71. The van der Waals surface area contributed by atoms with E-state index in [2.05, 4.69) is 15.1 Å². The number of benzene rings is 2. The first kappa shape index (κ1) is 16.4. The number of anilines is 1. The molecule has 3 aromatic rings. The lowest BCUT2D eigenvalue weighted by Crippen LogP contribution is -2.38. The van der Waals surface area contributed by atoms with E-state index in [4.69, 9.17) is 4.74 Å². The van der Waals surface area contributed by atoms with Gasteiger partial charge in [0.25, 0.3) is 0 Å². The van der Waals surface area contributed by atoms with Gasteiger partial charge in [-0.1, -0.05) is 60.7 Å². The Hall–Kier alpha value is -3.05. The minimum atomic E-state index is -0.0424. The van der Waals surface area contributed by atoms with Crippen molar-refractivity contribution < 1.29 is 9.53 Å². The maximum atomic E-state index is 13.2. The van der Waals surface area contributed by atoms with E-state index in [0.717, 1.165) is 5.56 Å². The molecule has 0 aliphatic carbocycles. The molecule has 1 aromatic heterocycles. The molecule has 0 unspecified atom stereocenters. The zero-order valence-corrected chi connectivity index (χ0v) is 14.3. The van der Waals surface area contributed by atoms with Crippen LogP contribution in [0.15, 0.2) is 66.7 Å². The van der Waals surface area contributed by atoms with Gasteiger partial charge in [0, 0.05) is 24.2 Å². The van der Waals surface area contributed by atoms with Crippen LogP contribution in [0.1, 0.15) is 15.9 Å². The van der Waals surface area contributed by atoms with Crippen molar-refractivity contribution in [1.29, 1.82) is 0 Å². The van der Waals surface area contributed by atoms with Gasteiger partial charge in [0.1, 0.15) is 0 Å². The van der Waals surface area contributed by atoms with Gasteiger partial charge in [-0.25, -0.2) is 0 Å². The van der Waals surface area contributed by atoms with Crippen LogP contribution in [0.3, 0.4) is 0 Å². The maximum Gasteiger partial charge on any atom is 0.196 e. The number of carbonyl (C=O) groups is 1. The van der Waals surface area contributed by atoms with E-state index in [1.54, 1.807) is 0 Å². The first-order valence-corrected chi connectivity index (χ1v) is 8.68. The molecule has 2 heterocycles. The third kappa shape index (κ3) is 3.34. The van der Waals surface area contributed by atoms with Gasteiger partial charge in [-0.2, -0.15) is 0 Å². The number of aromatic nitrogens is 2. The van der Waals surface area contributed by atoms with Crippen molar-refractivity contribution in [3.05, 3.63) is 77.9 Å². The molecular weight excluding hydrogens is 326 g/mol. The molecule has 0 N–H and O–H groups in total. The van der Waals surface area contributed by atoms with Crippen molar-refractivity contribution in [2.45, 2.75) is 0 Å². The molecular formula is C21H19N3O2. The summed E-state index contributed by atoms with van der Waals surface area (Å²) in [6.45, 7) is 2.66. The highest BCUT2D eigenvalue weighted by molar-refractivity contribution is 6.12. The third-order valence-corrected chi connectivity index (χ3v) is 4.44. The molecule has 1 fully saturated rings. The molecule has 0 amide bonds. The van der Waals surface area contributed by atoms with Gasteiger partial charge in [0.15, 0.2) is 11.6 Å². The number of morpholine rings is 1. The first-order chi connectivity index (χ1) is 12.8. The summed E-state index contributed by atoms with van der Waals surface area (Å²) in [5.74, 6) is 0.584. The highest BCUT2D eigenvalue weighted by atomic mass is 16.5. The highest BCUT2D eigenvalue weighted by Gasteiger charge is 2.23. The molecule has 0 radical (unpaired) electrons. The van der Waals surface area contributed by atoms with Gasteiger partial charge in [0.05, 0.1) is 24.5 Å². The van der Waals surface area contributed by atoms with Gasteiger partial charge < -0.3 is 9.64 Å². The summed E-state index contributed by atoms with van der Waals surface area (Å²) in [6, 6.07) is 20.9. The SMILES string of the molecule is O=C(c1ccccc1)c1cc(-c2ccccc2)nnc1N1CCOCC1.